The first kappa shape index (κ1) is 34.7. The Morgan fingerprint density at radius 1 is 1.06 bits per heavy atom. The molecule has 0 radical (unpaired) electrons. The van der Waals surface area contributed by atoms with Crippen LogP contribution in [0.25, 0.3) is 0 Å². The largest absolute Gasteiger partial charge is 2.00 e. The van der Waals surface area contributed by atoms with Gasteiger partial charge in [0.25, 0.3) is 0 Å². The van der Waals surface area contributed by atoms with Gasteiger partial charge in [0.1, 0.15) is 13.2 Å². The summed E-state index contributed by atoms with van der Waals surface area (Å²) in [6, 6.07) is 10.3. The summed E-state index contributed by atoms with van der Waals surface area (Å²) in [6.07, 6.45) is 5.81. The minimum Gasteiger partial charge on any atom is -1.00 e. The maximum Gasteiger partial charge on any atom is 2.00 e. The minimum absolute atomic E-state index is 0. The van der Waals surface area contributed by atoms with Crippen molar-refractivity contribution in [3.8, 4) is 0 Å². The van der Waals surface area contributed by atoms with E-state index in [0.717, 1.165) is 49.4 Å². The minimum atomic E-state index is -0.558. The molecule has 35 heavy (non-hydrogen) atoms. The van der Waals surface area contributed by atoms with Crippen LogP contribution in [0.3, 0.4) is 0 Å². The van der Waals surface area contributed by atoms with E-state index in [9.17, 15) is 5.11 Å². The Bertz CT molecular complexity index is 870. The van der Waals surface area contributed by atoms with Crippen molar-refractivity contribution < 1.29 is 15.8 Å². The summed E-state index contributed by atoms with van der Waals surface area (Å²) in [5, 5.41) is 14.2. The molecule has 1 saturated heterocycles. The summed E-state index contributed by atoms with van der Waals surface area (Å²) in [5.74, 6) is 0.220. The zero-order valence-corrected chi connectivity index (χ0v) is 26.4. The molecule has 192 valence electrons. The predicted octanol–water partition coefficient (Wildman–Crippen LogP) is 5.12. The van der Waals surface area contributed by atoms with Crippen LogP contribution < -0.4 is 5.11 Å². The van der Waals surface area contributed by atoms with Gasteiger partial charge in [-0.3, -0.25) is 0 Å². The molecule has 4 nitrogen and oxygen atoms in total. The van der Waals surface area contributed by atoms with E-state index in [2.05, 4.69) is 54.5 Å². The third-order valence-corrected chi connectivity index (χ3v) is 6.32. The van der Waals surface area contributed by atoms with Crippen molar-refractivity contribution >= 4 is 66.7 Å². The molecule has 0 saturated carbocycles. The molecule has 0 spiro atoms. The number of benzene rings is 1. The fraction of sp³-hybridized carbons (Fsp3) is 0.536. The summed E-state index contributed by atoms with van der Waals surface area (Å²) >= 11 is 9.53. The Hall–Kier alpha value is -0.330. The van der Waals surface area contributed by atoms with Crippen LogP contribution in [0.1, 0.15) is 48.0 Å². The van der Waals surface area contributed by atoms with Crippen LogP contribution in [0.5, 0.6) is 0 Å². The van der Waals surface area contributed by atoms with Crippen LogP contribution in [0.15, 0.2) is 65.0 Å². The zero-order valence-electron chi connectivity index (χ0n) is 23.7. The average molecular weight is 551 g/mol. The molecule has 1 aromatic rings. The molecule has 1 aliphatic heterocycles. The molecule has 0 bridgehead atoms. The molecule has 1 aromatic carbocycles. The van der Waals surface area contributed by atoms with Gasteiger partial charge in [0.2, 0.25) is 5.71 Å². The molecular formula is C28H43CaCl2N2O2+. The summed E-state index contributed by atoms with van der Waals surface area (Å²) in [6.45, 7) is 13.6. The van der Waals surface area contributed by atoms with Crippen LogP contribution in [-0.2, 0) is 11.2 Å². The Kier molecular flexibility index (Phi) is 17.8. The number of rotatable bonds is 5. The predicted molar refractivity (Wildman–Crippen MR) is 152 cm³/mol. The Labute approximate surface area is 254 Å². The quantitative estimate of drug-likeness (QED) is 0.221. The number of ether oxygens (including phenoxy) is 1. The molecule has 0 aromatic heterocycles. The number of likely N-dealkylation sites (N-methyl/N-ethyl adjacent to an activating group) is 1. The van der Waals surface area contributed by atoms with Crippen molar-refractivity contribution in [2.75, 3.05) is 45.7 Å². The van der Waals surface area contributed by atoms with Crippen LogP contribution >= 0.6 is 23.2 Å². The summed E-state index contributed by atoms with van der Waals surface area (Å²) < 4.78 is 7.83. The van der Waals surface area contributed by atoms with Gasteiger partial charge >= 0.3 is 37.7 Å². The number of allylic oxidation sites excluding steroid dienone is 5. The Morgan fingerprint density at radius 2 is 1.54 bits per heavy atom. The van der Waals surface area contributed by atoms with Gasteiger partial charge in [0.15, 0.2) is 13.1 Å². The van der Waals surface area contributed by atoms with E-state index in [4.69, 9.17) is 27.9 Å². The summed E-state index contributed by atoms with van der Waals surface area (Å²) in [5.41, 5.74) is 4.81. The van der Waals surface area contributed by atoms with Gasteiger partial charge in [0, 0.05) is 17.7 Å². The number of nitrogens with zero attached hydrogens (tertiary/aromatic N) is 2. The van der Waals surface area contributed by atoms with Gasteiger partial charge in [-0.2, -0.15) is 0 Å². The molecule has 1 aliphatic carbocycles. The van der Waals surface area contributed by atoms with Crippen molar-refractivity contribution in [2.45, 2.75) is 53.0 Å². The average Bonchev–Trinajstić information content (AvgIpc) is 2.84. The molecule has 1 heterocycles. The van der Waals surface area contributed by atoms with E-state index >= 15 is 0 Å². The number of alkyl halides is 2. The second kappa shape index (κ2) is 18.0. The maximum absolute atomic E-state index is 14.0. The maximum atomic E-state index is 14.0. The molecule has 1 atom stereocenters. The van der Waals surface area contributed by atoms with E-state index in [0.29, 0.717) is 6.42 Å². The molecule has 7 heteroatoms. The Morgan fingerprint density at radius 3 is 1.97 bits per heavy atom. The van der Waals surface area contributed by atoms with Crippen LogP contribution in [-0.4, -0.2) is 104 Å². The fourth-order valence-corrected chi connectivity index (χ4v) is 4.51. The third kappa shape index (κ3) is 9.48. The van der Waals surface area contributed by atoms with Gasteiger partial charge in [0.05, 0.1) is 5.34 Å². The summed E-state index contributed by atoms with van der Waals surface area (Å²) in [4.78, 5) is 2.11. The normalized spacial score (nSPS) is 17.0. The van der Waals surface area contributed by atoms with Crippen molar-refractivity contribution in [3.05, 3.63) is 70.5 Å². The number of morpholine rings is 1. The molecule has 2 aliphatic rings. The number of halogens is 2. The SMILES string of the molecule is CC.CCC(Cc1ccccc1)(C([O-])=C1C(C)=CC(=[N+]2CCOCC2)C=C1C)N(C)C.ClCCl.[Ca+2].[H-]. The molecule has 0 amide bonds. The molecule has 1 fully saturated rings. The van der Waals surface area contributed by atoms with E-state index in [-0.39, 0.29) is 50.3 Å². The van der Waals surface area contributed by atoms with Crippen molar-refractivity contribution in [1.29, 1.82) is 0 Å². The molecule has 1 unspecified atom stereocenters. The van der Waals surface area contributed by atoms with Crippen molar-refractivity contribution in [3.63, 3.8) is 0 Å². The van der Waals surface area contributed by atoms with Gasteiger partial charge in [-0.25, -0.2) is 4.58 Å². The molecule has 0 N–H and O–H groups in total. The first-order valence-corrected chi connectivity index (χ1v) is 13.2. The topological polar surface area (TPSA) is 38.5 Å². The first-order chi connectivity index (χ1) is 16.3. The molecular weight excluding hydrogens is 507 g/mol. The molecule has 3 rings (SSSR count). The second-order valence-electron chi connectivity index (χ2n) is 8.43. The third-order valence-electron chi connectivity index (χ3n) is 6.32. The van der Waals surface area contributed by atoms with E-state index in [1.165, 1.54) is 11.3 Å². The van der Waals surface area contributed by atoms with Gasteiger partial charge in [-0.15, -0.1) is 29.0 Å². The van der Waals surface area contributed by atoms with Gasteiger partial charge in [-0.1, -0.05) is 51.1 Å². The zero-order chi connectivity index (χ0) is 25.7. The van der Waals surface area contributed by atoms with E-state index < -0.39 is 5.54 Å². The van der Waals surface area contributed by atoms with Crippen molar-refractivity contribution in [1.82, 2.24) is 4.90 Å². The van der Waals surface area contributed by atoms with Crippen LogP contribution in [0, 0.1) is 0 Å². The van der Waals surface area contributed by atoms with E-state index in [1.807, 2.05) is 46.1 Å². The second-order valence-corrected chi connectivity index (χ2v) is 9.23. The van der Waals surface area contributed by atoms with E-state index in [1.54, 1.807) is 0 Å². The first-order valence-electron chi connectivity index (χ1n) is 12.1. The Balaban J connectivity index is 0. The fourth-order valence-electron chi connectivity index (χ4n) is 4.51. The van der Waals surface area contributed by atoms with Crippen molar-refractivity contribution in [2.24, 2.45) is 0 Å². The summed E-state index contributed by atoms with van der Waals surface area (Å²) in [7, 11) is 4.05. The van der Waals surface area contributed by atoms with Gasteiger partial charge in [-0.05, 0) is 63.1 Å². The van der Waals surface area contributed by atoms with Crippen LogP contribution in [0.4, 0.5) is 0 Å². The smallest absolute Gasteiger partial charge is 1.00 e. The van der Waals surface area contributed by atoms with Crippen LogP contribution in [0.2, 0.25) is 0 Å². The monoisotopic (exact) mass is 549 g/mol. The number of hydrogen-bond acceptors (Lipinski definition) is 3. The standard InChI is InChI=1S/C25H34N2O2.C2H6.CH2Cl2.Ca.H/c1-6-25(26(4)5,18-21-10-8-7-9-11-21)24(28)23-19(2)16-22(17-20(23)3)27-12-14-29-15-13-27;1-2;2-1-3;;/h7-11,16-17H,6,12-15,18H2,1-5H3;1-2H3;1H2;;/q;;;+2;-1. The number of hydrogen-bond donors (Lipinski definition) is 0. The van der Waals surface area contributed by atoms with Gasteiger partial charge < -0.3 is 16.2 Å².